The highest BCUT2D eigenvalue weighted by molar-refractivity contribution is 6.73. The van der Waals surface area contributed by atoms with Crippen LogP contribution in [0.1, 0.15) is 0 Å². The number of nitrogens with zero attached hydrogens (tertiary/aromatic N) is 1. The average molecular weight is 172 g/mol. The Hall–Kier alpha value is -0.226. The summed E-state index contributed by atoms with van der Waals surface area (Å²) in [7, 11) is 1.42. The predicted octanol–water partition coefficient (Wildman–Crippen LogP) is 0.627. The van der Waals surface area contributed by atoms with Crippen molar-refractivity contribution in [3.05, 3.63) is 0 Å². The van der Waals surface area contributed by atoms with Gasteiger partial charge in [-0.3, -0.25) is 0 Å². The van der Waals surface area contributed by atoms with E-state index in [4.69, 9.17) is 4.12 Å². The Balaban J connectivity index is 3.56. The van der Waals surface area contributed by atoms with E-state index in [1.54, 1.807) is 0 Å². The Morgan fingerprint density at radius 2 is 2.30 bits per heavy atom. The van der Waals surface area contributed by atoms with Gasteiger partial charge in [-0.25, -0.2) is 9.79 Å². The molecular formula is C5H10NO2Si2. The zero-order valence-corrected chi connectivity index (χ0v) is 8.18. The minimum Gasteiger partial charge on any atom is -0.457 e. The molecule has 0 unspecified atom stereocenters. The van der Waals surface area contributed by atoms with Gasteiger partial charge in [0.1, 0.15) is 0 Å². The SMILES string of the molecule is C[Si](C)(CCN=C=O)O[Si]. The fourth-order valence-electron chi connectivity index (χ4n) is 0.422. The van der Waals surface area contributed by atoms with Crippen molar-refractivity contribution in [2.45, 2.75) is 19.1 Å². The molecule has 0 aromatic heterocycles. The zero-order valence-electron chi connectivity index (χ0n) is 6.18. The summed E-state index contributed by atoms with van der Waals surface area (Å²) in [5.74, 6) is 0. The summed E-state index contributed by atoms with van der Waals surface area (Å²) in [6, 6.07) is 0.839. The second kappa shape index (κ2) is 4.57. The van der Waals surface area contributed by atoms with Crippen molar-refractivity contribution >= 4 is 24.9 Å². The third-order valence-corrected chi connectivity index (χ3v) is 4.80. The molecule has 0 aromatic rings. The Morgan fingerprint density at radius 1 is 1.70 bits per heavy atom. The first-order chi connectivity index (χ1) is 4.62. The number of carbonyl (C=O) groups excluding carboxylic acids is 1. The van der Waals surface area contributed by atoms with Crippen LogP contribution in [0.4, 0.5) is 0 Å². The standard InChI is InChI=1S/C5H10NO2Si2/c1-10(2,8-9)4-3-6-5-7/h3-4H2,1-2H3. The zero-order chi connectivity index (χ0) is 8.04. The molecule has 0 aliphatic rings. The van der Waals surface area contributed by atoms with Gasteiger partial charge < -0.3 is 4.12 Å². The summed E-state index contributed by atoms with van der Waals surface area (Å²) < 4.78 is 5.04. The van der Waals surface area contributed by atoms with Crippen molar-refractivity contribution in [1.29, 1.82) is 0 Å². The third-order valence-electron chi connectivity index (χ3n) is 1.17. The normalized spacial score (nSPS) is 10.7. The van der Waals surface area contributed by atoms with E-state index in [1.165, 1.54) is 6.08 Å². The maximum atomic E-state index is 9.65. The molecule has 0 aromatic carbocycles. The smallest absolute Gasteiger partial charge is 0.234 e. The van der Waals surface area contributed by atoms with Gasteiger partial charge in [-0.15, -0.1) is 0 Å². The fourth-order valence-corrected chi connectivity index (χ4v) is 1.48. The number of isocyanates is 1. The molecule has 3 nitrogen and oxygen atoms in total. The van der Waals surface area contributed by atoms with Gasteiger partial charge in [-0.1, -0.05) is 0 Å². The van der Waals surface area contributed by atoms with E-state index in [-0.39, 0.29) is 0 Å². The Bertz CT molecular complexity index is 143. The predicted molar refractivity (Wildman–Crippen MR) is 42.1 cm³/mol. The van der Waals surface area contributed by atoms with E-state index < -0.39 is 8.32 Å². The van der Waals surface area contributed by atoms with Gasteiger partial charge in [0.05, 0.1) is 6.54 Å². The Labute approximate surface area is 65.2 Å². The van der Waals surface area contributed by atoms with Crippen LogP contribution >= 0.6 is 0 Å². The maximum Gasteiger partial charge on any atom is 0.234 e. The van der Waals surface area contributed by atoms with E-state index in [2.05, 4.69) is 15.5 Å². The van der Waals surface area contributed by atoms with Crippen LogP contribution in [0, 0.1) is 0 Å². The molecular weight excluding hydrogens is 162 g/mol. The number of aliphatic imine (C=N–C) groups is 1. The molecule has 0 saturated carbocycles. The van der Waals surface area contributed by atoms with Gasteiger partial charge in [-0.2, -0.15) is 0 Å². The molecule has 0 amide bonds. The molecule has 0 spiro atoms. The van der Waals surface area contributed by atoms with E-state index in [0.29, 0.717) is 6.54 Å². The summed E-state index contributed by atoms with van der Waals surface area (Å²) in [4.78, 5) is 13.1. The highest BCUT2D eigenvalue weighted by Crippen LogP contribution is 2.07. The monoisotopic (exact) mass is 172 g/mol. The maximum absolute atomic E-state index is 9.65. The third kappa shape index (κ3) is 4.63. The highest BCUT2D eigenvalue weighted by atomic mass is 28.4. The lowest BCUT2D eigenvalue weighted by Gasteiger charge is -2.17. The molecule has 0 heterocycles. The molecule has 0 rings (SSSR count). The van der Waals surface area contributed by atoms with E-state index >= 15 is 0 Å². The average Bonchev–Trinajstić information content (AvgIpc) is 1.89. The van der Waals surface area contributed by atoms with Crippen molar-refractivity contribution in [2.75, 3.05) is 6.54 Å². The van der Waals surface area contributed by atoms with Crippen LogP contribution in [-0.2, 0) is 8.91 Å². The second-order valence-electron chi connectivity index (χ2n) is 2.58. The first-order valence-corrected chi connectivity index (χ1v) is 6.53. The summed E-state index contributed by atoms with van der Waals surface area (Å²) >= 11 is 0. The molecule has 0 bridgehead atoms. The van der Waals surface area contributed by atoms with Crippen molar-refractivity contribution in [3.63, 3.8) is 0 Å². The number of rotatable bonds is 4. The number of hydrogen-bond donors (Lipinski definition) is 0. The van der Waals surface area contributed by atoms with Crippen LogP contribution in [-0.4, -0.2) is 31.4 Å². The van der Waals surface area contributed by atoms with E-state index in [0.717, 1.165) is 6.04 Å². The molecule has 55 valence electrons. The quantitative estimate of drug-likeness (QED) is 0.354. The van der Waals surface area contributed by atoms with Gasteiger partial charge in [0.25, 0.3) is 0 Å². The molecule has 0 aliphatic carbocycles. The van der Waals surface area contributed by atoms with Crippen LogP contribution in [0.15, 0.2) is 4.99 Å². The molecule has 0 N–H and O–H groups in total. The molecule has 5 heteroatoms. The van der Waals surface area contributed by atoms with Crippen molar-refractivity contribution in [3.8, 4) is 0 Å². The molecule has 0 fully saturated rings. The summed E-state index contributed by atoms with van der Waals surface area (Å²) in [5, 5.41) is 0. The van der Waals surface area contributed by atoms with Crippen LogP contribution < -0.4 is 0 Å². The summed E-state index contributed by atoms with van der Waals surface area (Å²) in [6.07, 6.45) is 1.49. The van der Waals surface area contributed by atoms with Gasteiger partial charge in [0, 0.05) is 0 Å². The lowest BCUT2D eigenvalue weighted by atomic mass is 10.8. The minimum atomic E-state index is -1.57. The molecule has 3 radical (unpaired) electrons. The fraction of sp³-hybridized carbons (Fsp3) is 0.800. The first kappa shape index (κ1) is 9.77. The van der Waals surface area contributed by atoms with E-state index in [1.807, 2.05) is 13.1 Å². The highest BCUT2D eigenvalue weighted by Gasteiger charge is 2.18. The van der Waals surface area contributed by atoms with Gasteiger partial charge >= 0.3 is 0 Å². The minimum absolute atomic E-state index is 0.521. The Morgan fingerprint density at radius 3 is 2.70 bits per heavy atom. The lowest BCUT2D eigenvalue weighted by Crippen LogP contribution is -2.29. The summed E-state index contributed by atoms with van der Waals surface area (Å²) in [5.41, 5.74) is 0. The van der Waals surface area contributed by atoms with Crippen LogP contribution in [0.3, 0.4) is 0 Å². The lowest BCUT2D eigenvalue weighted by molar-refractivity contribution is 0.562. The van der Waals surface area contributed by atoms with E-state index in [9.17, 15) is 4.79 Å². The van der Waals surface area contributed by atoms with Gasteiger partial charge in [0.15, 0.2) is 8.32 Å². The molecule has 0 aliphatic heterocycles. The van der Waals surface area contributed by atoms with Crippen molar-refractivity contribution in [2.24, 2.45) is 4.99 Å². The van der Waals surface area contributed by atoms with Gasteiger partial charge in [-0.05, 0) is 19.1 Å². The Kier molecular flexibility index (Phi) is 4.46. The molecule has 0 saturated heterocycles. The second-order valence-corrected chi connectivity index (χ2v) is 7.42. The van der Waals surface area contributed by atoms with Crippen LogP contribution in [0.2, 0.25) is 19.1 Å². The number of hydrogen-bond acceptors (Lipinski definition) is 3. The van der Waals surface area contributed by atoms with Crippen LogP contribution in [0.5, 0.6) is 0 Å². The summed E-state index contributed by atoms with van der Waals surface area (Å²) in [6.45, 7) is 4.61. The van der Waals surface area contributed by atoms with Gasteiger partial charge in [0.2, 0.25) is 16.6 Å². The molecule has 0 atom stereocenters. The topological polar surface area (TPSA) is 38.7 Å². The largest absolute Gasteiger partial charge is 0.457 e. The van der Waals surface area contributed by atoms with Crippen LogP contribution in [0.25, 0.3) is 0 Å². The molecule has 10 heavy (non-hydrogen) atoms. The van der Waals surface area contributed by atoms with Crippen molar-refractivity contribution in [1.82, 2.24) is 0 Å². The first-order valence-electron chi connectivity index (χ1n) is 3.01. The van der Waals surface area contributed by atoms with Crippen molar-refractivity contribution < 1.29 is 8.91 Å².